The number of carbonyl (C=O) groups excluding carboxylic acids is 1. The summed E-state index contributed by atoms with van der Waals surface area (Å²) in [5, 5.41) is 7.05. The molecule has 0 aliphatic carbocycles. The molecule has 5 heteroatoms. The van der Waals surface area contributed by atoms with E-state index in [0.29, 0.717) is 17.3 Å². The number of carbonyl (C=O) groups is 1. The van der Waals surface area contributed by atoms with Crippen molar-refractivity contribution in [1.29, 1.82) is 0 Å². The predicted molar refractivity (Wildman–Crippen MR) is 97.0 cm³/mol. The Morgan fingerprint density at radius 1 is 1.08 bits per heavy atom. The minimum absolute atomic E-state index is 0.114. The number of hydrogen-bond donors (Lipinski definition) is 1. The molecule has 1 N–H and O–H groups in total. The number of aromatic nitrogens is 2. The maximum atomic E-state index is 12.5. The fourth-order valence-electron chi connectivity index (χ4n) is 2.31. The summed E-state index contributed by atoms with van der Waals surface area (Å²) >= 11 is 0. The predicted octanol–water partition coefficient (Wildman–Crippen LogP) is 4.32. The van der Waals surface area contributed by atoms with E-state index in [4.69, 9.17) is 4.52 Å². The van der Waals surface area contributed by atoms with E-state index in [1.165, 1.54) is 0 Å². The first-order valence-corrected chi connectivity index (χ1v) is 8.30. The minimum Gasteiger partial charge on any atom is -0.347 e. The van der Waals surface area contributed by atoms with Crippen molar-refractivity contribution in [2.45, 2.75) is 32.7 Å². The molecular formula is C20H21N3O2. The minimum atomic E-state index is -0.252. The first kappa shape index (κ1) is 16.9. The number of amides is 1. The summed E-state index contributed by atoms with van der Waals surface area (Å²) < 4.78 is 5.37. The third-order valence-electron chi connectivity index (χ3n) is 4.17. The molecule has 5 nitrogen and oxygen atoms in total. The summed E-state index contributed by atoms with van der Waals surface area (Å²) in [5.41, 5.74) is 1.92. The molecule has 0 saturated carbocycles. The van der Waals surface area contributed by atoms with Gasteiger partial charge in [0, 0.05) is 22.2 Å². The molecule has 0 radical (unpaired) electrons. The van der Waals surface area contributed by atoms with Gasteiger partial charge in [0.05, 0.1) is 0 Å². The average Bonchev–Trinajstić information content (AvgIpc) is 3.12. The molecule has 25 heavy (non-hydrogen) atoms. The molecule has 0 aliphatic heterocycles. The second-order valence-electron chi connectivity index (χ2n) is 6.56. The number of nitrogens with zero attached hydrogens (tertiary/aromatic N) is 2. The van der Waals surface area contributed by atoms with E-state index in [2.05, 4.69) is 15.5 Å². The highest BCUT2D eigenvalue weighted by Crippen LogP contribution is 2.23. The standard InChI is InChI=1S/C20H21N3O2/c1-4-20(2,3)22-18(24)15-11-8-12-16(13-15)19-21-17(23-25-19)14-9-6-5-7-10-14/h5-13H,4H2,1-3H3,(H,22,24). The highest BCUT2D eigenvalue weighted by Gasteiger charge is 2.19. The van der Waals surface area contributed by atoms with Gasteiger partial charge in [-0.15, -0.1) is 0 Å². The Morgan fingerprint density at radius 2 is 1.80 bits per heavy atom. The molecule has 128 valence electrons. The molecule has 3 aromatic rings. The van der Waals surface area contributed by atoms with Crippen LogP contribution in [0.4, 0.5) is 0 Å². The zero-order valence-electron chi connectivity index (χ0n) is 14.6. The van der Waals surface area contributed by atoms with Crippen LogP contribution in [0.25, 0.3) is 22.8 Å². The molecule has 0 unspecified atom stereocenters. The lowest BCUT2D eigenvalue weighted by atomic mass is 10.0. The Bertz CT molecular complexity index is 869. The van der Waals surface area contributed by atoms with Crippen molar-refractivity contribution in [2.75, 3.05) is 0 Å². The van der Waals surface area contributed by atoms with E-state index in [9.17, 15) is 4.79 Å². The number of benzene rings is 2. The Morgan fingerprint density at radius 3 is 2.52 bits per heavy atom. The lowest BCUT2D eigenvalue weighted by Gasteiger charge is -2.24. The SMILES string of the molecule is CCC(C)(C)NC(=O)c1cccc(-c2nc(-c3ccccc3)no2)c1. The molecule has 0 bridgehead atoms. The van der Waals surface area contributed by atoms with Crippen LogP contribution in [0.1, 0.15) is 37.6 Å². The van der Waals surface area contributed by atoms with Crippen molar-refractivity contribution in [1.82, 2.24) is 15.5 Å². The topological polar surface area (TPSA) is 68.0 Å². The van der Waals surface area contributed by atoms with E-state index < -0.39 is 0 Å². The molecule has 0 saturated heterocycles. The highest BCUT2D eigenvalue weighted by atomic mass is 16.5. The van der Waals surface area contributed by atoms with Gasteiger partial charge in [-0.3, -0.25) is 4.79 Å². The van der Waals surface area contributed by atoms with Gasteiger partial charge >= 0.3 is 0 Å². The quantitative estimate of drug-likeness (QED) is 0.754. The van der Waals surface area contributed by atoms with Crippen molar-refractivity contribution in [2.24, 2.45) is 0 Å². The highest BCUT2D eigenvalue weighted by molar-refractivity contribution is 5.95. The third-order valence-corrected chi connectivity index (χ3v) is 4.17. The second-order valence-corrected chi connectivity index (χ2v) is 6.56. The molecule has 1 heterocycles. The molecule has 0 aliphatic rings. The summed E-state index contributed by atoms with van der Waals surface area (Å²) in [7, 11) is 0. The molecule has 0 fully saturated rings. The molecule has 3 rings (SSSR count). The molecule has 2 aromatic carbocycles. The van der Waals surface area contributed by atoms with Crippen LogP contribution in [0, 0.1) is 0 Å². The van der Waals surface area contributed by atoms with Crippen molar-refractivity contribution in [3.8, 4) is 22.8 Å². The number of rotatable bonds is 5. The lowest BCUT2D eigenvalue weighted by Crippen LogP contribution is -2.42. The summed E-state index contributed by atoms with van der Waals surface area (Å²) in [6.45, 7) is 6.04. The van der Waals surface area contributed by atoms with Gasteiger partial charge in [0.15, 0.2) is 0 Å². The molecular weight excluding hydrogens is 314 g/mol. The summed E-state index contributed by atoms with van der Waals surface area (Å²) in [6.07, 6.45) is 0.850. The van der Waals surface area contributed by atoms with E-state index in [1.807, 2.05) is 63.2 Å². The maximum absolute atomic E-state index is 12.5. The van der Waals surface area contributed by atoms with Crippen molar-refractivity contribution in [3.63, 3.8) is 0 Å². The molecule has 0 spiro atoms. The normalized spacial score (nSPS) is 11.3. The van der Waals surface area contributed by atoms with Crippen LogP contribution in [0.15, 0.2) is 59.1 Å². The van der Waals surface area contributed by atoms with Crippen molar-refractivity contribution >= 4 is 5.91 Å². The van der Waals surface area contributed by atoms with Gasteiger partial charge in [-0.25, -0.2) is 0 Å². The third kappa shape index (κ3) is 3.94. The fourth-order valence-corrected chi connectivity index (χ4v) is 2.31. The summed E-state index contributed by atoms with van der Waals surface area (Å²) in [5.74, 6) is 0.803. The lowest BCUT2D eigenvalue weighted by molar-refractivity contribution is 0.0911. The van der Waals surface area contributed by atoms with E-state index in [-0.39, 0.29) is 11.4 Å². The Hall–Kier alpha value is -2.95. The van der Waals surface area contributed by atoms with Crippen LogP contribution in [0.3, 0.4) is 0 Å². The molecule has 1 amide bonds. The molecule has 0 atom stereocenters. The van der Waals surface area contributed by atoms with Gasteiger partial charge < -0.3 is 9.84 Å². The first-order valence-electron chi connectivity index (χ1n) is 8.30. The smallest absolute Gasteiger partial charge is 0.258 e. The first-order chi connectivity index (χ1) is 12.0. The van der Waals surface area contributed by atoms with Crippen LogP contribution >= 0.6 is 0 Å². The Balaban J connectivity index is 1.85. The number of nitrogens with one attached hydrogen (secondary N) is 1. The van der Waals surface area contributed by atoms with E-state index in [1.54, 1.807) is 12.1 Å². The van der Waals surface area contributed by atoms with Crippen LogP contribution in [-0.2, 0) is 0 Å². The van der Waals surface area contributed by atoms with Crippen molar-refractivity contribution in [3.05, 3.63) is 60.2 Å². The summed E-state index contributed by atoms with van der Waals surface area (Å²) in [4.78, 5) is 16.9. The van der Waals surface area contributed by atoms with Crippen LogP contribution in [0.5, 0.6) is 0 Å². The monoisotopic (exact) mass is 335 g/mol. The van der Waals surface area contributed by atoms with Crippen LogP contribution < -0.4 is 5.32 Å². The van der Waals surface area contributed by atoms with Crippen molar-refractivity contribution < 1.29 is 9.32 Å². The van der Waals surface area contributed by atoms with Crippen LogP contribution in [-0.4, -0.2) is 21.6 Å². The maximum Gasteiger partial charge on any atom is 0.258 e. The summed E-state index contributed by atoms with van der Waals surface area (Å²) in [6, 6.07) is 16.8. The average molecular weight is 335 g/mol. The number of hydrogen-bond acceptors (Lipinski definition) is 4. The van der Waals surface area contributed by atoms with Gasteiger partial charge in [0.2, 0.25) is 5.82 Å². The van der Waals surface area contributed by atoms with Gasteiger partial charge in [0.25, 0.3) is 11.8 Å². The fraction of sp³-hybridized carbons (Fsp3) is 0.250. The largest absolute Gasteiger partial charge is 0.347 e. The second kappa shape index (κ2) is 6.89. The van der Waals surface area contributed by atoms with E-state index in [0.717, 1.165) is 17.5 Å². The molecule has 1 aromatic heterocycles. The zero-order valence-corrected chi connectivity index (χ0v) is 14.6. The van der Waals surface area contributed by atoms with Crippen LogP contribution in [0.2, 0.25) is 0 Å². The van der Waals surface area contributed by atoms with E-state index >= 15 is 0 Å². The van der Waals surface area contributed by atoms with Gasteiger partial charge in [-0.05, 0) is 38.5 Å². The Labute approximate surface area is 147 Å². The van der Waals surface area contributed by atoms with Gasteiger partial charge in [-0.2, -0.15) is 4.98 Å². The Kier molecular flexibility index (Phi) is 4.65. The zero-order chi connectivity index (χ0) is 17.9. The van der Waals surface area contributed by atoms with Gasteiger partial charge in [0.1, 0.15) is 0 Å². The van der Waals surface area contributed by atoms with Gasteiger partial charge in [-0.1, -0.05) is 48.5 Å².